The van der Waals surface area contributed by atoms with Crippen molar-refractivity contribution in [1.29, 1.82) is 0 Å². The molecule has 19 heavy (non-hydrogen) atoms. The van der Waals surface area contributed by atoms with Crippen LogP contribution in [0.25, 0.3) is 11.1 Å². The number of nitrogens with two attached hydrogens (primary N) is 1. The molecule has 2 heterocycles. The Morgan fingerprint density at radius 2 is 2.32 bits per heavy atom. The van der Waals surface area contributed by atoms with E-state index >= 15 is 0 Å². The van der Waals surface area contributed by atoms with Crippen molar-refractivity contribution in [2.45, 2.75) is 12.8 Å². The molecule has 5 heteroatoms. The lowest BCUT2D eigenvalue weighted by atomic mass is 10.0. The number of benzene rings is 1. The monoisotopic (exact) mass is 256 g/mol. The third kappa shape index (κ3) is 2.02. The Morgan fingerprint density at radius 3 is 3.11 bits per heavy atom. The summed E-state index contributed by atoms with van der Waals surface area (Å²) < 4.78 is 1.86. The summed E-state index contributed by atoms with van der Waals surface area (Å²) in [5, 5.41) is 7.14. The highest BCUT2D eigenvalue weighted by Crippen LogP contribution is 2.30. The first-order valence-corrected chi connectivity index (χ1v) is 6.33. The van der Waals surface area contributed by atoms with Gasteiger partial charge in [-0.05, 0) is 29.8 Å². The normalized spacial score (nSPS) is 13.5. The molecule has 0 aliphatic carbocycles. The molecule has 0 spiro atoms. The van der Waals surface area contributed by atoms with Crippen LogP contribution >= 0.6 is 0 Å². The molecule has 3 N–H and O–H groups in total. The number of rotatable bonds is 3. The summed E-state index contributed by atoms with van der Waals surface area (Å²) in [6.07, 6.45) is 3.10. The van der Waals surface area contributed by atoms with E-state index in [4.69, 9.17) is 5.73 Å². The average molecular weight is 256 g/mol. The van der Waals surface area contributed by atoms with Crippen LogP contribution in [0.1, 0.15) is 11.3 Å². The minimum atomic E-state index is 0.0560. The standard InChI is InChI=1S/C14H16N4O/c1-18-13(4-5-15)11(8-16-18)9-2-3-12-10(6-9)7-14(19)17-12/h2-3,6,8H,4-5,7,15H2,1H3,(H,17,19). The number of hydrogen-bond acceptors (Lipinski definition) is 3. The van der Waals surface area contributed by atoms with Gasteiger partial charge in [0.2, 0.25) is 5.91 Å². The summed E-state index contributed by atoms with van der Waals surface area (Å²) in [5.74, 6) is 0.0560. The number of carbonyl (C=O) groups is 1. The molecule has 0 atom stereocenters. The lowest BCUT2D eigenvalue weighted by Gasteiger charge is -2.06. The zero-order chi connectivity index (χ0) is 13.4. The van der Waals surface area contributed by atoms with Crippen LogP contribution in [0.15, 0.2) is 24.4 Å². The first-order chi connectivity index (χ1) is 9.19. The summed E-state index contributed by atoms with van der Waals surface area (Å²) in [7, 11) is 1.92. The molecular formula is C14H16N4O. The summed E-state index contributed by atoms with van der Waals surface area (Å²) in [5.41, 5.74) is 10.9. The molecule has 0 radical (unpaired) electrons. The molecular weight excluding hydrogens is 240 g/mol. The quantitative estimate of drug-likeness (QED) is 0.863. The van der Waals surface area contributed by atoms with E-state index in [1.165, 1.54) is 0 Å². The van der Waals surface area contributed by atoms with Crippen LogP contribution in [0, 0.1) is 0 Å². The summed E-state index contributed by atoms with van der Waals surface area (Å²) in [6, 6.07) is 6.03. The molecule has 2 aromatic rings. The number of fused-ring (bicyclic) bond motifs is 1. The van der Waals surface area contributed by atoms with E-state index in [-0.39, 0.29) is 5.91 Å². The maximum Gasteiger partial charge on any atom is 0.228 e. The SMILES string of the molecule is Cn1ncc(-c2ccc3c(c2)CC(=O)N3)c1CCN. The van der Waals surface area contributed by atoms with Gasteiger partial charge in [-0.2, -0.15) is 5.10 Å². The summed E-state index contributed by atoms with van der Waals surface area (Å²) >= 11 is 0. The van der Waals surface area contributed by atoms with Crippen molar-refractivity contribution in [3.05, 3.63) is 35.7 Å². The molecule has 0 saturated heterocycles. The minimum Gasteiger partial charge on any atom is -0.330 e. The Hall–Kier alpha value is -2.14. The number of anilines is 1. The minimum absolute atomic E-state index is 0.0560. The second-order valence-electron chi connectivity index (χ2n) is 4.76. The number of carbonyl (C=O) groups excluding carboxylic acids is 1. The van der Waals surface area contributed by atoms with Crippen LogP contribution in [-0.4, -0.2) is 22.2 Å². The van der Waals surface area contributed by atoms with Gasteiger partial charge in [0.1, 0.15) is 0 Å². The van der Waals surface area contributed by atoms with Crippen molar-refractivity contribution in [3.63, 3.8) is 0 Å². The highest BCUT2D eigenvalue weighted by molar-refractivity contribution is 5.99. The van der Waals surface area contributed by atoms with Crippen LogP contribution in [0.3, 0.4) is 0 Å². The fourth-order valence-corrected chi connectivity index (χ4v) is 2.53. The average Bonchev–Trinajstić information content (AvgIpc) is 2.92. The van der Waals surface area contributed by atoms with Gasteiger partial charge in [-0.3, -0.25) is 9.48 Å². The summed E-state index contributed by atoms with van der Waals surface area (Å²) in [6.45, 7) is 0.595. The molecule has 0 bridgehead atoms. The van der Waals surface area contributed by atoms with Crippen LogP contribution in [0.4, 0.5) is 5.69 Å². The van der Waals surface area contributed by atoms with Crippen molar-refractivity contribution < 1.29 is 4.79 Å². The Balaban J connectivity index is 2.04. The molecule has 1 aromatic carbocycles. The van der Waals surface area contributed by atoms with Gasteiger partial charge in [-0.1, -0.05) is 6.07 Å². The van der Waals surface area contributed by atoms with Gasteiger partial charge < -0.3 is 11.1 Å². The first kappa shape index (κ1) is 11.9. The molecule has 0 unspecified atom stereocenters. The van der Waals surface area contributed by atoms with Gasteiger partial charge in [0.25, 0.3) is 0 Å². The number of hydrogen-bond donors (Lipinski definition) is 2. The van der Waals surface area contributed by atoms with Crippen molar-refractivity contribution in [1.82, 2.24) is 9.78 Å². The number of nitrogens with zero attached hydrogens (tertiary/aromatic N) is 2. The van der Waals surface area contributed by atoms with Gasteiger partial charge in [-0.25, -0.2) is 0 Å². The van der Waals surface area contributed by atoms with Gasteiger partial charge in [0, 0.05) is 30.4 Å². The first-order valence-electron chi connectivity index (χ1n) is 6.33. The Bertz CT molecular complexity index is 645. The fourth-order valence-electron chi connectivity index (χ4n) is 2.53. The predicted molar refractivity (Wildman–Crippen MR) is 73.7 cm³/mol. The fraction of sp³-hybridized carbons (Fsp3) is 0.286. The maximum absolute atomic E-state index is 11.4. The molecule has 3 rings (SSSR count). The smallest absolute Gasteiger partial charge is 0.228 e. The predicted octanol–water partition coefficient (Wildman–Crippen LogP) is 1.08. The van der Waals surface area contributed by atoms with Crippen molar-refractivity contribution >= 4 is 11.6 Å². The van der Waals surface area contributed by atoms with Gasteiger partial charge in [0.15, 0.2) is 0 Å². The molecule has 98 valence electrons. The molecule has 5 nitrogen and oxygen atoms in total. The van der Waals surface area contributed by atoms with Crippen LogP contribution in [-0.2, 0) is 24.7 Å². The van der Waals surface area contributed by atoms with Gasteiger partial charge in [-0.15, -0.1) is 0 Å². The molecule has 1 aliphatic rings. The Labute approximate surface area is 111 Å². The van der Waals surface area contributed by atoms with Crippen molar-refractivity contribution in [3.8, 4) is 11.1 Å². The zero-order valence-corrected chi connectivity index (χ0v) is 10.8. The number of aromatic nitrogens is 2. The third-order valence-corrected chi connectivity index (χ3v) is 3.48. The topological polar surface area (TPSA) is 72.9 Å². The van der Waals surface area contributed by atoms with Gasteiger partial charge in [0.05, 0.1) is 12.6 Å². The third-order valence-electron chi connectivity index (χ3n) is 3.48. The number of amides is 1. The second kappa shape index (κ2) is 4.51. The van der Waals surface area contributed by atoms with E-state index < -0.39 is 0 Å². The molecule has 1 aliphatic heterocycles. The van der Waals surface area contributed by atoms with Crippen molar-refractivity contribution in [2.75, 3.05) is 11.9 Å². The van der Waals surface area contributed by atoms with E-state index in [1.54, 1.807) is 0 Å². The highest BCUT2D eigenvalue weighted by Gasteiger charge is 2.19. The van der Waals surface area contributed by atoms with E-state index in [0.717, 1.165) is 34.5 Å². The summed E-state index contributed by atoms with van der Waals surface area (Å²) in [4.78, 5) is 11.4. The van der Waals surface area contributed by atoms with E-state index in [9.17, 15) is 4.79 Å². The van der Waals surface area contributed by atoms with E-state index in [1.807, 2.05) is 30.1 Å². The molecule has 1 amide bonds. The van der Waals surface area contributed by atoms with Crippen LogP contribution < -0.4 is 11.1 Å². The van der Waals surface area contributed by atoms with Crippen molar-refractivity contribution in [2.24, 2.45) is 12.8 Å². The largest absolute Gasteiger partial charge is 0.330 e. The number of nitrogens with one attached hydrogen (secondary N) is 1. The molecule has 0 saturated carbocycles. The second-order valence-corrected chi connectivity index (χ2v) is 4.76. The Kier molecular flexibility index (Phi) is 2.83. The van der Waals surface area contributed by atoms with E-state index in [0.29, 0.717) is 13.0 Å². The molecule has 1 aromatic heterocycles. The Morgan fingerprint density at radius 1 is 1.47 bits per heavy atom. The van der Waals surface area contributed by atoms with Gasteiger partial charge >= 0.3 is 0 Å². The zero-order valence-electron chi connectivity index (χ0n) is 10.8. The van der Waals surface area contributed by atoms with Crippen LogP contribution in [0.2, 0.25) is 0 Å². The highest BCUT2D eigenvalue weighted by atomic mass is 16.1. The lowest BCUT2D eigenvalue weighted by Crippen LogP contribution is -2.08. The lowest BCUT2D eigenvalue weighted by molar-refractivity contribution is -0.115. The number of aryl methyl sites for hydroxylation is 1. The molecule has 0 fully saturated rings. The van der Waals surface area contributed by atoms with E-state index in [2.05, 4.69) is 16.5 Å². The maximum atomic E-state index is 11.4. The van der Waals surface area contributed by atoms with Crippen LogP contribution in [0.5, 0.6) is 0 Å².